The fourth-order valence-corrected chi connectivity index (χ4v) is 1.50. The first-order valence-corrected chi connectivity index (χ1v) is 4.60. The van der Waals surface area contributed by atoms with E-state index in [4.69, 9.17) is 0 Å². The van der Waals surface area contributed by atoms with E-state index in [9.17, 15) is 9.59 Å². The number of hydrazine groups is 1. The van der Waals surface area contributed by atoms with Crippen LogP contribution in [-0.2, 0) is 9.59 Å². The number of carbonyl (C=O) groups is 2. The minimum Gasteiger partial charge on any atom is -0.385 e. The largest absolute Gasteiger partial charge is 0.385 e. The number of nitrogens with one attached hydrogen (secondary N) is 3. The number of allylic oxidation sites excluding steroid dienone is 1. The van der Waals surface area contributed by atoms with Crippen molar-refractivity contribution in [2.45, 2.75) is 0 Å². The fourth-order valence-electron chi connectivity index (χ4n) is 1.50. The lowest BCUT2D eigenvalue weighted by Gasteiger charge is -2.18. The van der Waals surface area contributed by atoms with E-state index in [1.165, 1.54) is 6.08 Å². The minimum atomic E-state index is -0.190. The summed E-state index contributed by atoms with van der Waals surface area (Å²) in [5.74, 6) is -0.364. The minimum absolute atomic E-state index is 0.175. The molecule has 15 heavy (non-hydrogen) atoms. The van der Waals surface area contributed by atoms with Crippen molar-refractivity contribution in [1.82, 2.24) is 21.1 Å². The highest BCUT2D eigenvalue weighted by Crippen LogP contribution is 2.21. The van der Waals surface area contributed by atoms with Gasteiger partial charge in [-0.2, -0.15) is 0 Å². The molecule has 0 radical (unpaired) electrons. The molecule has 1 aliphatic heterocycles. The summed E-state index contributed by atoms with van der Waals surface area (Å²) < 4.78 is 0. The molecule has 6 nitrogen and oxygen atoms in total. The first-order valence-electron chi connectivity index (χ1n) is 4.60. The van der Waals surface area contributed by atoms with Gasteiger partial charge in [-0.1, -0.05) is 0 Å². The molecule has 6 heteroatoms. The van der Waals surface area contributed by atoms with Crippen molar-refractivity contribution < 1.29 is 9.59 Å². The Morgan fingerprint density at radius 3 is 2.47 bits per heavy atom. The molecule has 2 aliphatic rings. The van der Waals surface area contributed by atoms with Crippen molar-refractivity contribution in [2.24, 2.45) is 0 Å². The van der Waals surface area contributed by atoms with Gasteiger partial charge in [-0.25, -0.2) is 5.43 Å². The van der Waals surface area contributed by atoms with Crippen molar-refractivity contribution in [3.05, 3.63) is 23.2 Å². The lowest BCUT2D eigenvalue weighted by molar-refractivity contribution is -0.117. The molecule has 0 saturated carbocycles. The first kappa shape index (κ1) is 9.72. The van der Waals surface area contributed by atoms with Crippen molar-refractivity contribution in [3.63, 3.8) is 0 Å². The van der Waals surface area contributed by atoms with E-state index in [-0.39, 0.29) is 11.6 Å². The monoisotopic (exact) mass is 208 g/mol. The molecule has 1 fully saturated rings. The van der Waals surface area contributed by atoms with E-state index >= 15 is 0 Å². The van der Waals surface area contributed by atoms with Gasteiger partial charge in [-0.15, -0.1) is 0 Å². The Labute approximate surface area is 87.0 Å². The van der Waals surface area contributed by atoms with Gasteiger partial charge in [0.1, 0.15) is 18.1 Å². The van der Waals surface area contributed by atoms with Crippen molar-refractivity contribution in [2.75, 3.05) is 20.8 Å². The average molecular weight is 208 g/mol. The number of carbonyl (C=O) groups excluding carboxylic acids is 2. The summed E-state index contributed by atoms with van der Waals surface area (Å²) in [5.41, 5.74) is 3.91. The van der Waals surface area contributed by atoms with E-state index in [1.54, 1.807) is 19.1 Å². The quantitative estimate of drug-likeness (QED) is 0.385. The smallest absolute Gasteiger partial charge is 0.228 e. The second-order valence-electron chi connectivity index (χ2n) is 3.22. The standard InChI is InChI=1S/C9H12N4O2/c1-10-5-3-6(14)7(11-2)8(9(5)15)13-4-12-13/h3,10-12H,4H2,1-2H3. The molecule has 1 aliphatic carbocycles. The summed E-state index contributed by atoms with van der Waals surface area (Å²) in [7, 11) is 3.25. The number of Topliss-reactive ketones (excluding diaryl/α,β-unsaturated/α-hetero) is 1. The van der Waals surface area contributed by atoms with Gasteiger partial charge in [0.25, 0.3) is 0 Å². The topological polar surface area (TPSA) is 83.2 Å². The zero-order chi connectivity index (χ0) is 11.0. The second-order valence-corrected chi connectivity index (χ2v) is 3.22. The van der Waals surface area contributed by atoms with Crippen LogP contribution in [0.25, 0.3) is 0 Å². The van der Waals surface area contributed by atoms with E-state index < -0.39 is 0 Å². The maximum atomic E-state index is 11.9. The van der Waals surface area contributed by atoms with Gasteiger partial charge in [0.2, 0.25) is 11.6 Å². The number of ketones is 2. The average Bonchev–Trinajstić information content (AvgIpc) is 3.03. The third-order valence-electron chi connectivity index (χ3n) is 2.32. The van der Waals surface area contributed by atoms with E-state index in [2.05, 4.69) is 16.1 Å². The van der Waals surface area contributed by atoms with Gasteiger partial charge >= 0.3 is 0 Å². The molecule has 80 valence electrons. The SMILES string of the molecule is CNC1=CC(=O)C(NC)=C(N2CN2)C1=O. The zero-order valence-corrected chi connectivity index (χ0v) is 8.55. The third-order valence-corrected chi connectivity index (χ3v) is 2.32. The molecular weight excluding hydrogens is 196 g/mol. The predicted octanol–water partition coefficient (Wildman–Crippen LogP) is -1.55. The maximum absolute atomic E-state index is 11.9. The van der Waals surface area contributed by atoms with Crippen LogP contribution in [0.15, 0.2) is 23.2 Å². The van der Waals surface area contributed by atoms with Crippen LogP contribution in [0.2, 0.25) is 0 Å². The molecule has 0 spiro atoms. The van der Waals surface area contributed by atoms with E-state index in [0.717, 1.165) is 0 Å². The molecule has 0 atom stereocenters. The number of rotatable bonds is 3. The van der Waals surface area contributed by atoms with Gasteiger partial charge in [-0.3, -0.25) is 14.6 Å². The molecule has 2 rings (SSSR count). The summed E-state index contributed by atoms with van der Waals surface area (Å²) in [6.45, 7) is 0.594. The van der Waals surface area contributed by atoms with E-state index in [1.807, 2.05) is 0 Å². The highest BCUT2D eigenvalue weighted by molar-refractivity contribution is 6.22. The molecule has 1 heterocycles. The lowest BCUT2D eigenvalue weighted by Crippen LogP contribution is -2.33. The van der Waals surface area contributed by atoms with Gasteiger partial charge in [0.05, 0.1) is 5.70 Å². The number of hydrogen-bond donors (Lipinski definition) is 3. The van der Waals surface area contributed by atoms with Gasteiger partial charge in [0.15, 0.2) is 0 Å². The summed E-state index contributed by atoms with van der Waals surface area (Å²) in [4.78, 5) is 23.5. The Morgan fingerprint density at radius 1 is 1.33 bits per heavy atom. The van der Waals surface area contributed by atoms with Crippen LogP contribution in [0, 0.1) is 0 Å². The van der Waals surface area contributed by atoms with Crippen LogP contribution in [0.1, 0.15) is 0 Å². The molecule has 0 aromatic rings. The van der Waals surface area contributed by atoms with E-state index in [0.29, 0.717) is 23.8 Å². The summed E-state index contributed by atoms with van der Waals surface area (Å²) in [5, 5.41) is 7.11. The first-order chi connectivity index (χ1) is 7.19. The number of likely N-dealkylation sites (N-methyl/N-ethyl adjacent to an activating group) is 2. The third kappa shape index (κ3) is 1.48. The summed E-state index contributed by atoms with van der Waals surface area (Å²) >= 11 is 0. The highest BCUT2D eigenvalue weighted by Gasteiger charge is 2.35. The van der Waals surface area contributed by atoms with Crippen molar-refractivity contribution in [1.29, 1.82) is 0 Å². The predicted molar refractivity (Wildman–Crippen MR) is 53.1 cm³/mol. The van der Waals surface area contributed by atoms with Crippen molar-refractivity contribution in [3.8, 4) is 0 Å². The molecule has 1 saturated heterocycles. The zero-order valence-electron chi connectivity index (χ0n) is 8.55. The van der Waals surface area contributed by atoms with Crippen molar-refractivity contribution >= 4 is 11.6 Å². The molecule has 0 aromatic carbocycles. The van der Waals surface area contributed by atoms with Gasteiger partial charge in [-0.05, 0) is 0 Å². The van der Waals surface area contributed by atoms with Crippen LogP contribution in [0.4, 0.5) is 0 Å². The van der Waals surface area contributed by atoms with Crippen LogP contribution < -0.4 is 16.1 Å². The molecule has 0 amide bonds. The van der Waals surface area contributed by atoms with Crippen LogP contribution in [0.3, 0.4) is 0 Å². The molecule has 3 N–H and O–H groups in total. The Hall–Kier alpha value is -1.82. The normalized spacial score (nSPS) is 20.4. The Bertz CT molecular complexity index is 393. The molecule has 0 unspecified atom stereocenters. The Morgan fingerprint density at radius 2 is 2.00 bits per heavy atom. The fraction of sp³-hybridized carbons (Fsp3) is 0.333. The second kappa shape index (κ2) is 3.39. The lowest BCUT2D eigenvalue weighted by atomic mass is 10.0. The summed E-state index contributed by atoms with van der Waals surface area (Å²) in [6, 6.07) is 0. The van der Waals surface area contributed by atoms with Crippen LogP contribution >= 0.6 is 0 Å². The molecular formula is C9H12N4O2. The number of hydrogen-bond acceptors (Lipinski definition) is 6. The summed E-state index contributed by atoms with van der Waals surface area (Å²) in [6.07, 6.45) is 1.31. The Kier molecular flexibility index (Phi) is 2.20. The van der Waals surface area contributed by atoms with Gasteiger partial charge in [0, 0.05) is 20.2 Å². The molecule has 0 aromatic heterocycles. The number of nitrogens with zero attached hydrogens (tertiary/aromatic N) is 1. The van der Waals surface area contributed by atoms with Crippen LogP contribution in [0.5, 0.6) is 0 Å². The maximum Gasteiger partial charge on any atom is 0.228 e. The highest BCUT2D eigenvalue weighted by atomic mass is 16.1. The van der Waals surface area contributed by atoms with Gasteiger partial charge < -0.3 is 10.6 Å². The Balaban J connectivity index is 2.42. The van der Waals surface area contributed by atoms with Crippen LogP contribution in [-0.4, -0.2) is 37.3 Å². The molecule has 0 bridgehead atoms.